The topological polar surface area (TPSA) is 17.1 Å². The molecule has 0 amide bonds. The predicted octanol–water partition coefficient (Wildman–Crippen LogP) is 4.01. The van der Waals surface area contributed by atoms with E-state index >= 15 is 0 Å². The van der Waals surface area contributed by atoms with E-state index in [1.54, 1.807) is 0 Å². The molecule has 1 rings (SSSR count). The normalized spacial score (nSPS) is 36.4. The summed E-state index contributed by atoms with van der Waals surface area (Å²) >= 11 is 0. The Balaban J connectivity index is 2.84. The fourth-order valence-corrected chi connectivity index (χ4v) is 2.96. The Morgan fingerprint density at radius 3 is 2.62 bits per heavy atom. The molecule has 0 heterocycles. The lowest BCUT2D eigenvalue weighted by Crippen LogP contribution is -2.35. The molecule has 0 radical (unpaired) electrons. The summed E-state index contributed by atoms with van der Waals surface area (Å²) in [5, 5.41) is 0. The van der Waals surface area contributed by atoms with E-state index in [-0.39, 0.29) is 11.3 Å². The second-order valence-electron chi connectivity index (χ2n) is 5.64. The van der Waals surface area contributed by atoms with Crippen molar-refractivity contribution in [1.82, 2.24) is 0 Å². The lowest BCUT2D eigenvalue weighted by atomic mass is 9.60. The molecule has 0 saturated heterocycles. The summed E-state index contributed by atoms with van der Waals surface area (Å²) in [7, 11) is 0. The van der Waals surface area contributed by atoms with Crippen LogP contribution in [0, 0.1) is 23.2 Å². The Morgan fingerprint density at radius 2 is 2.19 bits per heavy atom. The van der Waals surface area contributed by atoms with Gasteiger partial charge in [-0.2, -0.15) is 0 Å². The highest BCUT2D eigenvalue weighted by Crippen LogP contribution is 2.48. The van der Waals surface area contributed by atoms with E-state index in [1.807, 2.05) is 6.92 Å². The van der Waals surface area contributed by atoms with Crippen LogP contribution in [0.5, 0.6) is 0 Å². The molecule has 1 aliphatic carbocycles. The lowest BCUT2D eigenvalue weighted by molar-refractivity contribution is -0.112. The fourth-order valence-electron chi connectivity index (χ4n) is 2.96. The summed E-state index contributed by atoms with van der Waals surface area (Å²) < 4.78 is 0. The molecule has 0 spiro atoms. The Bertz CT molecular complexity index is 292. The van der Waals surface area contributed by atoms with Gasteiger partial charge in [-0.1, -0.05) is 32.1 Å². The summed E-state index contributed by atoms with van der Waals surface area (Å²) in [6.07, 6.45) is 6.51. The number of aldehydes is 1. The van der Waals surface area contributed by atoms with Gasteiger partial charge in [0.25, 0.3) is 0 Å². The summed E-state index contributed by atoms with van der Waals surface area (Å²) in [6, 6.07) is 0. The Kier molecular flexibility index (Phi) is 4.12. The van der Waals surface area contributed by atoms with Gasteiger partial charge in [0.2, 0.25) is 0 Å². The Hall–Kier alpha value is -0.850. The molecule has 0 bridgehead atoms. The summed E-state index contributed by atoms with van der Waals surface area (Å²) in [5.74, 6) is 1.18. The van der Waals surface area contributed by atoms with Gasteiger partial charge in [0.1, 0.15) is 6.29 Å². The highest BCUT2D eigenvalue weighted by Gasteiger charge is 2.39. The van der Waals surface area contributed by atoms with Crippen molar-refractivity contribution in [3.63, 3.8) is 0 Å². The van der Waals surface area contributed by atoms with Crippen LogP contribution in [-0.4, -0.2) is 6.29 Å². The quantitative estimate of drug-likeness (QED) is 0.517. The molecule has 1 aliphatic rings. The standard InChI is InChI=1S/C15H24O/c1-6-15(5)8-7-13(12(4)10-16)9-14(15)11(2)3/h6,10,12-14H,1-2,7-9H2,3-5H3/t12?,13-,14+,15+/m0/s1. The van der Waals surface area contributed by atoms with Crippen LogP contribution in [0.4, 0.5) is 0 Å². The fraction of sp³-hybridized carbons (Fsp3) is 0.667. The monoisotopic (exact) mass is 220 g/mol. The number of carbonyl (C=O) groups excluding carboxylic acids is 1. The first-order valence-corrected chi connectivity index (χ1v) is 6.19. The van der Waals surface area contributed by atoms with Crippen molar-refractivity contribution in [3.8, 4) is 0 Å². The molecule has 0 aromatic rings. The van der Waals surface area contributed by atoms with Crippen molar-refractivity contribution in [2.75, 3.05) is 0 Å². The molecule has 1 saturated carbocycles. The molecule has 0 N–H and O–H groups in total. The zero-order valence-electron chi connectivity index (χ0n) is 10.8. The molecule has 90 valence electrons. The van der Waals surface area contributed by atoms with Crippen LogP contribution in [0.25, 0.3) is 0 Å². The van der Waals surface area contributed by atoms with Gasteiger partial charge in [0.05, 0.1) is 0 Å². The first-order valence-electron chi connectivity index (χ1n) is 6.19. The van der Waals surface area contributed by atoms with E-state index in [2.05, 4.69) is 33.1 Å². The maximum absolute atomic E-state index is 10.9. The van der Waals surface area contributed by atoms with Gasteiger partial charge in [0, 0.05) is 5.92 Å². The summed E-state index contributed by atoms with van der Waals surface area (Å²) in [6.45, 7) is 14.5. The van der Waals surface area contributed by atoms with Crippen molar-refractivity contribution in [3.05, 3.63) is 24.8 Å². The van der Waals surface area contributed by atoms with E-state index in [9.17, 15) is 4.79 Å². The molecule has 1 heteroatoms. The minimum Gasteiger partial charge on any atom is -0.303 e. The van der Waals surface area contributed by atoms with Crippen molar-refractivity contribution in [1.29, 1.82) is 0 Å². The molecule has 0 aromatic carbocycles. The number of hydrogen-bond donors (Lipinski definition) is 0. The maximum atomic E-state index is 10.9. The molecule has 1 fully saturated rings. The van der Waals surface area contributed by atoms with E-state index < -0.39 is 0 Å². The highest BCUT2D eigenvalue weighted by atomic mass is 16.1. The van der Waals surface area contributed by atoms with Crippen LogP contribution >= 0.6 is 0 Å². The molecule has 4 atom stereocenters. The number of carbonyl (C=O) groups is 1. The first kappa shape index (κ1) is 13.2. The molecular weight excluding hydrogens is 196 g/mol. The first-order chi connectivity index (χ1) is 7.44. The van der Waals surface area contributed by atoms with Crippen molar-refractivity contribution < 1.29 is 4.79 Å². The largest absolute Gasteiger partial charge is 0.303 e. The maximum Gasteiger partial charge on any atom is 0.123 e. The second-order valence-corrected chi connectivity index (χ2v) is 5.64. The molecule has 16 heavy (non-hydrogen) atoms. The van der Waals surface area contributed by atoms with Gasteiger partial charge < -0.3 is 4.79 Å². The zero-order valence-corrected chi connectivity index (χ0v) is 10.8. The van der Waals surface area contributed by atoms with Crippen LogP contribution in [-0.2, 0) is 4.79 Å². The van der Waals surface area contributed by atoms with Crippen LogP contribution in [0.15, 0.2) is 24.8 Å². The summed E-state index contributed by atoms with van der Waals surface area (Å²) in [4.78, 5) is 10.9. The average Bonchev–Trinajstić information content (AvgIpc) is 2.28. The van der Waals surface area contributed by atoms with E-state index in [0.717, 1.165) is 25.5 Å². The molecule has 0 aromatic heterocycles. The average molecular weight is 220 g/mol. The Labute approximate surface area is 99.6 Å². The number of allylic oxidation sites excluding steroid dienone is 2. The van der Waals surface area contributed by atoms with Crippen LogP contribution in [0.3, 0.4) is 0 Å². The van der Waals surface area contributed by atoms with E-state index in [1.165, 1.54) is 5.57 Å². The van der Waals surface area contributed by atoms with Crippen molar-refractivity contribution in [2.45, 2.75) is 40.0 Å². The van der Waals surface area contributed by atoms with Gasteiger partial charge in [-0.05, 0) is 43.4 Å². The second kappa shape index (κ2) is 4.99. The smallest absolute Gasteiger partial charge is 0.123 e. The number of rotatable bonds is 4. The molecular formula is C15H24O. The third kappa shape index (κ3) is 2.45. The molecule has 0 aliphatic heterocycles. The third-order valence-electron chi connectivity index (χ3n) is 4.41. The van der Waals surface area contributed by atoms with Gasteiger partial charge in [-0.3, -0.25) is 0 Å². The lowest BCUT2D eigenvalue weighted by Gasteiger charge is -2.44. The van der Waals surface area contributed by atoms with E-state index in [4.69, 9.17) is 0 Å². The zero-order chi connectivity index (χ0) is 12.3. The summed E-state index contributed by atoms with van der Waals surface area (Å²) in [5.41, 5.74) is 1.40. The van der Waals surface area contributed by atoms with Crippen LogP contribution in [0.1, 0.15) is 40.0 Å². The van der Waals surface area contributed by atoms with Crippen molar-refractivity contribution in [2.24, 2.45) is 23.2 Å². The third-order valence-corrected chi connectivity index (χ3v) is 4.41. The SMILES string of the molecule is C=C[C@]1(C)CC[C@H](C(C)C=O)C[C@@H]1C(=C)C. The van der Waals surface area contributed by atoms with Gasteiger partial charge >= 0.3 is 0 Å². The minimum atomic E-state index is 0.172. The van der Waals surface area contributed by atoms with E-state index in [0.29, 0.717) is 11.8 Å². The van der Waals surface area contributed by atoms with Crippen molar-refractivity contribution >= 4 is 6.29 Å². The minimum absolute atomic E-state index is 0.172. The Morgan fingerprint density at radius 1 is 1.56 bits per heavy atom. The predicted molar refractivity (Wildman–Crippen MR) is 69.2 cm³/mol. The highest BCUT2D eigenvalue weighted by molar-refractivity contribution is 5.53. The van der Waals surface area contributed by atoms with Gasteiger partial charge in [0.15, 0.2) is 0 Å². The van der Waals surface area contributed by atoms with Crippen LogP contribution in [0.2, 0.25) is 0 Å². The van der Waals surface area contributed by atoms with Crippen LogP contribution < -0.4 is 0 Å². The van der Waals surface area contributed by atoms with Gasteiger partial charge in [-0.25, -0.2) is 0 Å². The van der Waals surface area contributed by atoms with Gasteiger partial charge in [-0.15, -0.1) is 6.58 Å². The molecule has 1 unspecified atom stereocenters. The number of hydrogen-bond acceptors (Lipinski definition) is 1. The molecule has 1 nitrogen and oxygen atoms in total.